The first kappa shape index (κ1) is 25.9. The van der Waals surface area contributed by atoms with E-state index in [1.165, 1.54) is 19.0 Å². The lowest BCUT2D eigenvalue weighted by Gasteiger charge is -2.46. The van der Waals surface area contributed by atoms with E-state index in [4.69, 9.17) is 32.9 Å². The summed E-state index contributed by atoms with van der Waals surface area (Å²) >= 11 is 12.4. The quantitative estimate of drug-likeness (QED) is 0.472. The maximum atomic E-state index is 12.6. The van der Waals surface area contributed by atoms with Gasteiger partial charge in [0.15, 0.2) is 0 Å². The van der Waals surface area contributed by atoms with Crippen LogP contribution < -0.4 is 10.2 Å². The summed E-state index contributed by atoms with van der Waals surface area (Å²) in [7, 11) is 0. The molecule has 1 aromatic heterocycles. The van der Waals surface area contributed by atoms with Crippen molar-refractivity contribution < 1.29 is 14.6 Å². The van der Waals surface area contributed by atoms with Gasteiger partial charge in [0.2, 0.25) is 5.95 Å². The minimum Gasteiger partial charge on any atom is -0.462 e. The van der Waals surface area contributed by atoms with Crippen molar-refractivity contribution in [2.45, 2.75) is 32.7 Å². The van der Waals surface area contributed by atoms with Crippen molar-refractivity contribution in [1.29, 1.82) is 0 Å². The molecule has 2 saturated heterocycles. The minimum absolute atomic E-state index is 0.208. The van der Waals surface area contributed by atoms with Gasteiger partial charge in [-0.25, -0.2) is 9.78 Å². The zero-order chi connectivity index (χ0) is 24.9. The number of rotatable bonds is 9. The van der Waals surface area contributed by atoms with E-state index >= 15 is 0 Å². The Morgan fingerprint density at radius 3 is 2.80 bits per heavy atom. The molecule has 0 saturated carbocycles. The van der Waals surface area contributed by atoms with Gasteiger partial charge in [0.05, 0.1) is 19.3 Å². The first-order chi connectivity index (χ1) is 16.9. The van der Waals surface area contributed by atoms with Gasteiger partial charge in [0.25, 0.3) is 0 Å². The van der Waals surface area contributed by atoms with Gasteiger partial charge in [-0.2, -0.15) is 4.98 Å². The van der Waals surface area contributed by atoms with Gasteiger partial charge in [-0.1, -0.05) is 29.3 Å². The van der Waals surface area contributed by atoms with E-state index in [2.05, 4.69) is 20.1 Å². The Morgan fingerprint density at radius 2 is 2.09 bits per heavy atom. The van der Waals surface area contributed by atoms with Crippen molar-refractivity contribution in [3.05, 3.63) is 45.6 Å². The topological polar surface area (TPSA) is 90.8 Å². The summed E-state index contributed by atoms with van der Waals surface area (Å²) in [5.74, 6) is 1.74. The smallest absolute Gasteiger partial charge is 0.343 e. The summed E-state index contributed by atoms with van der Waals surface area (Å²) in [6.07, 6.45) is 3.93. The van der Waals surface area contributed by atoms with Gasteiger partial charge in [-0.05, 0) is 62.8 Å². The fourth-order valence-electron chi connectivity index (χ4n) is 4.92. The number of nitrogens with one attached hydrogen (secondary N) is 1. The molecule has 3 heterocycles. The molecule has 190 valence electrons. The van der Waals surface area contributed by atoms with Crippen LogP contribution in [0.15, 0.2) is 24.4 Å². The molecule has 2 atom stereocenters. The van der Waals surface area contributed by atoms with Crippen LogP contribution in [0.1, 0.15) is 48.7 Å². The molecule has 4 rings (SSSR count). The third-order valence-electron chi connectivity index (χ3n) is 6.87. The van der Waals surface area contributed by atoms with Crippen molar-refractivity contribution >= 4 is 40.9 Å². The highest BCUT2D eigenvalue weighted by molar-refractivity contribution is 6.35. The largest absolute Gasteiger partial charge is 0.462 e. The molecule has 0 bridgehead atoms. The number of aliphatic hydroxyl groups is 1. The highest BCUT2D eigenvalue weighted by Gasteiger charge is 2.37. The summed E-state index contributed by atoms with van der Waals surface area (Å²) in [5.41, 5.74) is 1.14. The standard InChI is InChI=1S/C25H33Cl2N5O3/c1-3-35-24(34)21-12-28-25(30-23(21)29-16(2)20-7-6-19(26)11-22(20)27)32-14-18(15-32)17-5-4-8-31(13-17)9-10-33/h6-7,11-12,16-18,33H,3-5,8-10,13-15H2,1-2H3,(H,28,29,30)/t16-,17+/m1/s1. The second kappa shape index (κ2) is 11.7. The van der Waals surface area contributed by atoms with Gasteiger partial charge < -0.3 is 25.0 Å². The lowest BCUT2D eigenvalue weighted by molar-refractivity contribution is 0.0526. The molecule has 0 unspecified atom stereocenters. The number of anilines is 2. The average Bonchev–Trinajstić information content (AvgIpc) is 2.79. The lowest BCUT2D eigenvalue weighted by atomic mass is 9.81. The lowest BCUT2D eigenvalue weighted by Crippen LogP contribution is -2.54. The second-order valence-corrected chi connectivity index (χ2v) is 10.1. The first-order valence-corrected chi connectivity index (χ1v) is 13.0. The molecular formula is C25H33Cl2N5O3. The number of hydrogen-bond donors (Lipinski definition) is 2. The summed E-state index contributed by atoms with van der Waals surface area (Å²) in [4.78, 5) is 26.3. The number of likely N-dealkylation sites (tertiary alicyclic amines) is 1. The Labute approximate surface area is 216 Å². The monoisotopic (exact) mass is 521 g/mol. The molecule has 2 N–H and O–H groups in total. The van der Waals surface area contributed by atoms with Gasteiger partial charge in [-0.3, -0.25) is 0 Å². The highest BCUT2D eigenvalue weighted by atomic mass is 35.5. The molecule has 1 aromatic carbocycles. The number of β-amino-alcohol motifs (C(OH)–C–C–N with tert-alkyl or cyclic N) is 1. The normalized spacial score (nSPS) is 19.8. The van der Waals surface area contributed by atoms with Crippen molar-refractivity contribution in [2.24, 2.45) is 11.8 Å². The van der Waals surface area contributed by atoms with Crippen LogP contribution in [0.5, 0.6) is 0 Å². The molecule has 0 spiro atoms. The van der Waals surface area contributed by atoms with E-state index in [0.29, 0.717) is 33.6 Å². The predicted molar refractivity (Wildman–Crippen MR) is 138 cm³/mol. The number of hydrogen-bond acceptors (Lipinski definition) is 8. The minimum atomic E-state index is -0.469. The second-order valence-electron chi connectivity index (χ2n) is 9.28. The van der Waals surface area contributed by atoms with Crippen molar-refractivity contribution in [2.75, 3.05) is 56.2 Å². The fraction of sp³-hybridized carbons (Fsp3) is 0.560. The van der Waals surface area contributed by atoms with E-state index in [-0.39, 0.29) is 24.8 Å². The van der Waals surface area contributed by atoms with Gasteiger partial charge in [0.1, 0.15) is 11.4 Å². The fourth-order valence-corrected chi connectivity index (χ4v) is 5.50. The van der Waals surface area contributed by atoms with Crippen LogP contribution in [0.3, 0.4) is 0 Å². The van der Waals surface area contributed by atoms with Crippen molar-refractivity contribution in [3.63, 3.8) is 0 Å². The number of carbonyl (C=O) groups excluding carboxylic acids is 1. The van der Waals surface area contributed by atoms with Crippen LogP contribution in [0.2, 0.25) is 10.0 Å². The maximum Gasteiger partial charge on any atom is 0.343 e. The Kier molecular flexibility index (Phi) is 8.70. The Bertz CT molecular complexity index is 1030. The molecule has 2 fully saturated rings. The number of halogens is 2. The Balaban J connectivity index is 1.48. The number of aliphatic hydroxyl groups excluding tert-OH is 1. The van der Waals surface area contributed by atoms with Crippen LogP contribution in [0.25, 0.3) is 0 Å². The first-order valence-electron chi connectivity index (χ1n) is 12.2. The number of piperidine rings is 1. The van der Waals surface area contributed by atoms with Crippen LogP contribution in [-0.4, -0.2) is 71.9 Å². The number of aromatic nitrogens is 2. The number of carbonyl (C=O) groups is 1. The molecule has 2 aliphatic rings. The zero-order valence-corrected chi connectivity index (χ0v) is 21.7. The molecule has 35 heavy (non-hydrogen) atoms. The van der Waals surface area contributed by atoms with E-state index in [1.807, 2.05) is 13.0 Å². The van der Waals surface area contributed by atoms with E-state index in [9.17, 15) is 9.90 Å². The predicted octanol–water partition coefficient (Wildman–Crippen LogP) is 4.27. The summed E-state index contributed by atoms with van der Waals surface area (Å²) < 4.78 is 5.22. The van der Waals surface area contributed by atoms with Crippen molar-refractivity contribution in [1.82, 2.24) is 14.9 Å². The summed E-state index contributed by atoms with van der Waals surface area (Å²) in [6, 6.07) is 5.12. The van der Waals surface area contributed by atoms with E-state index < -0.39 is 5.97 Å². The summed E-state index contributed by atoms with van der Waals surface area (Å²) in [6.45, 7) is 8.81. The molecule has 0 radical (unpaired) electrons. The molecule has 8 nitrogen and oxygen atoms in total. The molecule has 2 aliphatic heterocycles. The van der Waals surface area contributed by atoms with E-state index in [0.717, 1.165) is 38.3 Å². The van der Waals surface area contributed by atoms with Gasteiger partial charge in [-0.15, -0.1) is 0 Å². The molecule has 0 aliphatic carbocycles. The SMILES string of the molecule is CCOC(=O)c1cnc(N2CC([C@H]3CCCN(CCO)C3)C2)nc1N[C@H](C)c1ccc(Cl)cc1Cl. The molecule has 10 heteroatoms. The number of benzene rings is 1. The number of nitrogens with zero attached hydrogens (tertiary/aromatic N) is 4. The summed E-state index contributed by atoms with van der Waals surface area (Å²) in [5, 5.41) is 13.7. The third kappa shape index (κ3) is 6.17. The van der Waals surface area contributed by atoms with Gasteiger partial charge in [0, 0.05) is 42.4 Å². The number of ether oxygens (including phenoxy) is 1. The van der Waals surface area contributed by atoms with Crippen molar-refractivity contribution in [3.8, 4) is 0 Å². The highest BCUT2D eigenvalue weighted by Crippen LogP contribution is 2.34. The molecular weight excluding hydrogens is 489 g/mol. The van der Waals surface area contributed by atoms with Crippen LogP contribution >= 0.6 is 23.2 Å². The number of esters is 1. The third-order valence-corrected chi connectivity index (χ3v) is 7.43. The maximum absolute atomic E-state index is 12.6. The van der Waals surface area contributed by atoms with E-state index in [1.54, 1.807) is 19.1 Å². The Morgan fingerprint density at radius 1 is 1.29 bits per heavy atom. The zero-order valence-electron chi connectivity index (χ0n) is 20.2. The molecule has 0 amide bonds. The Hall–Kier alpha value is -2.13. The molecule has 2 aromatic rings. The van der Waals surface area contributed by atoms with Crippen LogP contribution in [-0.2, 0) is 4.74 Å². The average molecular weight is 522 g/mol. The van der Waals surface area contributed by atoms with Crippen LogP contribution in [0.4, 0.5) is 11.8 Å². The van der Waals surface area contributed by atoms with Crippen LogP contribution in [0, 0.1) is 11.8 Å². The van der Waals surface area contributed by atoms with Gasteiger partial charge >= 0.3 is 5.97 Å².